The van der Waals surface area contributed by atoms with Crippen LogP contribution < -0.4 is 4.74 Å². The Labute approximate surface area is 226 Å². The quantitative estimate of drug-likeness (QED) is 0.176. The highest BCUT2D eigenvalue weighted by atomic mass is 127. The van der Waals surface area contributed by atoms with Crippen LogP contribution in [0, 0.1) is 7.14 Å². The molecule has 0 heterocycles. The molecule has 0 spiro atoms. The van der Waals surface area contributed by atoms with Crippen molar-refractivity contribution in [3.8, 4) is 5.75 Å². The van der Waals surface area contributed by atoms with Crippen LogP contribution >= 0.6 is 45.2 Å². The van der Waals surface area contributed by atoms with Crippen LogP contribution in [-0.2, 0) is 19.6 Å². The summed E-state index contributed by atoms with van der Waals surface area (Å²) >= 11 is 3.52. The minimum atomic E-state index is -6.08. The van der Waals surface area contributed by atoms with Gasteiger partial charge >= 0.3 is 23.2 Å². The zero-order valence-electron chi connectivity index (χ0n) is 18.3. The molecule has 2 rings (SSSR count). The van der Waals surface area contributed by atoms with Crippen LogP contribution in [0.5, 0.6) is 5.75 Å². The summed E-state index contributed by atoms with van der Waals surface area (Å²) in [6, 6.07) is 8.24. The van der Waals surface area contributed by atoms with Crippen LogP contribution in [-0.4, -0.2) is 48.3 Å². The van der Waals surface area contributed by atoms with Gasteiger partial charge in [-0.3, -0.25) is 0 Å². The molecule has 0 fully saturated rings. The Bertz CT molecular complexity index is 1270. The first kappa shape index (κ1) is 29.3. The summed E-state index contributed by atoms with van der Waals surface area (Å²) in [5.41, 5.74) is -1.64. The van der Waals surface area contributed by atoms with E-state index in [9.17, 15) is 36.1 Å². The molecule has 0 aromatic heterocycles. The molecule has 35 heavy (non-hydrogen) atoms. The number of esters is 3. The predicted molar refractivity (Wildman–Crippen MR) is 133 cm³/mol. The van der Waals surface area contributed by atoms with Crippen LogP contribution in [0.25, 0.3) is 0 Å². The fourth-order valence-corrected chi connectivity index (χ4v) is 4.59. The number of benzene rings is 2. The van der Waals surface area contributed by atoms with Gasteiger partial charge in [0, 0.05) is 3.57 Å². The van der Waals surface area contributed by atoms with Gasteiger partial charge in [-0.05, 0) is 90.2 Å². The van der Waals surface area contributed by atoms with Gasteiger partial charge in [-0.2, -0.15) is 8.78 Å². The van der Waals surface area contributed by atoms with E-state index in [1.165, 1.54) is 30.3 Å². The molecule has 0 amide bonds. The fraction of sp³-hybridized carbons (Fsp3) is 0.286. The maximum absolute atomic E-state index is 13.4. The van der Waals surface area contributed by atoms with Gasteiger partial charge in [-0.1, -0.05) is 12.1 Å². The Hall–Kier alpha value is -1.92. The highest BCUT2D eigenvalue weighted by molar-refractivity contribution is 14.1. The lowest BCUT2D eigenvalue weighted by Gasteiger charge is -2.21. The zero-order chi connectivity index (χ0) is 26.8. The van der Waals surface area contributed by atoms with Crippen LogP contribution in [0.4, 0.5) is 8.78 Å². The van der Waals surface area contributed by atoms with Gasteiger partial charge in [0.25, 0.3) is 0 Å². The molecule has 0 unspecified atom stereocenters. The summed E-state index contributed by atoms with van der Waals surface area (Å²) in [6.45, 7) is 2.88. The van der Waals surface area contributed by atoms with Crippen molar-refractivity contribution in [2.24, 2.45) is 0 Å². The highest BCUT2D eigenvalue weighted by Gasteiger charge is 2.40. The lowest BCUT2D eigenvalue weighted by molar-refractivity contribution is -0.0102. The number of alkyl halides is 2. The molecule has 0 aliphatic carbocycles. The lowest BCUT2D eigenvalue weighted by Crippen LogP contribution is -2.34. The van der Waals surface area contributed by atoms with E-state index < -0.39 is 51.1 Å². The molecule has 0 N–H and O–H groups in total. The van der Waals surface area contributed by atoms with E-state index in [1.807, 2.05) is 0 Å². The average Bonchev–Trinajstić information content (AvgIpc) is 2.71. The molecule has 0 saturated heterocycles. The number of ether oxygens (including phenoxy) is 3. The van der Waals surface area contributed by atoms with Crippen molar-refractivity contribution in [1.29, 1.82) is 0 Å². The third-order valence-corrected chi connectivity index (χ3v) is 6.20. The van der Waals surface area contributed by atoms with E-state index in [0.717, 1.165) is 6.07 Å². The monoisotopic (exact) mass is 737 g/mol. The van der Waals surface area contributed by atoms with Gasteiger partial charge in [-0.15, -0.1) is 0 Å². The molecule has 14 heteroatoms. The summed E-state index contributed by atoms with van der Waals surface area (Å²) in [4.78, 5) is 37.9. The van der Waals surface area contributed by atoms with Gasteiger partial charge in [0.1, 0.15) is 11.2 Å². The molecular weight excluding hydrogens is 720 g/mol. The number of hydrogen-bond acceptors (Lipinski definition) is 9. The second-order valence-electron chi connectivity index (χ2n) is 7.87. The molecule has 0 radical (unpaired) electrons. The van der Waals surface area contributed by atoms with Crippen molar-refractivity contribution in [2.75, 3.05) is 6.61 Å². The van der Waals surface area contributed by atoms with Gasteiger partial charge in [-0.25, -0.2) is 22.8 Å². The minimum Gasteiger partial charge on any atom is -0.743 e. The third kappa shape index (κ3) is 7.78. The Balaban J connectivity index is 2.40. The van der Waals surface area contributed by atoms with Crippen molar-refractivity contribution in [1.82, 2.24) is 0 Å². The van der Waals surface area contributed by atoms with E-state index >= 15 is 0 Å². The van der Waals surface area contributed by atoms with Crippen LogP contribution in [0.15, 0.2) is 36.4 Å². The zero-order valence-corrected chi connectivity index (χ0v) is 23.4. The molecule has 0 bridgehead atoms. The van der Waals surface area contributed by atoms with Gasteiger partial charge in [0.05, 0.1) is 14.7 Å². The van der Waals surface area contributed by atoms with Crippen molar-refractivity contribution in [3.63, 3.8) is 0 Å². The Morgan fingerprint density at radius 3 is 2.00 bits per heavy atom. The van der Waals surface area contributed by atoms with E-state index in [4.69, 9.17) is 9.47 Å². The van der Waals surface area contributed by atoms with E-state index in [-0.39, 0.29) is 20.4 Å². The molecule has 190 valence electrons. The molecule has 9 nitrogen and oxygen atoms in total. The first-order valence-corrected chi connectivity index (χ1v) is 13.0. The molecule has 2 aromatic rings. The minimum absolute atomic E-state index is 0.114. The van der Waals surface area contributed by atoms with Gasteiger partial charge in [0.15, 0.2) is 22.5 Å². The number of hydrogen-bond donors (Lipinski definition) is 0. The van der Waals surface area contributed by atoms with Gasteiger partial charge < -0.3 is 18.8 Å². The molecular formula is C21H17F2I2O9S-. The van der Waals surface area contributed by atoms with Crippen molar-refractivity contribution in [3.05, 3.63) is 60.2 Å². The SMILES string of the molecule is CC(C)(C)OC(=O)c1ccccc1C(=O)Oc1c(I)cc(I)cc1C(=O)OCC(F)(F)S(=O)(=O)[O-]. The van der Waals surface area contributed by atoms with Crippen LogP contribution in [0.3, 0.4) is 0 Å². The molecule has 0 aliphatic rings. The first-order chi connectivity index (χ1) is 15.9. The summed E-state index contributed by atoms with van der Waals surface area (Å²) < 4.78 is 74.4. The number of rotatable bonds is 7. The van der Waals surface area contributed by atoms with Gasteiger partial charge in [0.2, 0.25) is 0 Å². The third-order valence-electron chi connectivity index (χ3n) is 3.93. The lowest BCUT2D eigenvalue weighted by atomic mass is 10.1. The number of halogens is 4. The Morgan fingerprint density at radius 2 is 1.49 bits per heavy atom. The van der Waals surface area contributed by atoms with Crippen molar-refractivity contribution < 1.29 is 50.3 Å². The predicted octanol–water partition coefficient (Wildman–Crippen LogP) is 4.37. The van der Waals surface area contributed by atoms with Crippen molar-refractivity contribution >= 4 is 73.2 Å². The second-order valence-corrected chi connectivity index (χ2v) is 11.8. The van der Waals surface area contributed by atoms with Crippen molar-refractivity contribution in [2.45, 2.75) is 31.6 Å². The summed E-state index contributed by atoms with van der Waals surface area (Å²) in [6.07, 6.45) is 0. The Morgan fingerprint density at radius 1 is 0.943 bits per heavy atom. The summed E-state index contributed by atoms with van der Waals surface area (Å²) in [5, 5.41) is -4.86. The normalized spacial score (nSPS) is 12.1. The molecule has 0 saturated carbocycles. The molecule has 0 aliphatic heterocycles. The largest absolute Gasteiger partial charge is 0.743 e. The maximum atomic E-state index is 13.4. The standard InChI is InChI=1S/C21H18F2I2O9S/c1-20(2,3)34-19(28)13-7-5-4-6-12(13)18(27)33-16-14(8-11(24)9-15(16)25)17(26)32-10-21(22,23)35(29,30)31/h4-9H,10H2,1-3H3,(H,29,30,31)/p-1. The van der Waals surface area contributed by atoms with Crippen LogP contribution in [0.2, 0.25) is 0 Å². The highest BCUT2D eigenvalue weighted by Crippen LogP contribution is 2.31. The molecule has 2 aromatic carbocycles. The average molecular weight is 737 g/mol. The second kappa shape index (κ2) is 11.0. The molecule has 0 atom stereocenters. The van der Waals surface area contributed by atoms with Crippen LogP contribution in [0.1, 0.15) is 51.8 Å². The summed E-state index contributed by atoms with van der Waals surface area (Å²) in [5.74, 6) is -3.71. The smallest absolute Gasteiger partial charge is 0.367 e. The Kier molecular flexibility index (Phi) is 9.21. The van der Waals surface area contributed by atoms with E-state index in [0.29, 0.717) is 3.57 Å². The summed E-state index contributed by atoms with van der Waals surface area (Å²) in [7, 11) is -6.08. The first-order valence-electron chi connectivity index (χ1n) is 9.47. The number of carbonyl (C=O) groups is 3. The fourth-order valence-electron chi connectivity index (χ4n) is 2.44. The van der Waals surface area contributed by atoms with E-state index in [1.54, 1.807) is 66.0 Å². The van der Waals surface area contributed by atoms with E-state index in [2.05, 4.69) is 4.74 Å². The number of carbonyl (C=O) groups excluding carboxylic acids is 3. The topological polar surface area (TPSA) is 136 Å². The maximum Gasteiger partial charge on any atom is 0.367 e.